The highest BCUT2D eigenvalue weighted by molar-refractivity contribution is 6.02. The number of hydrogen-bond acceptors (Lipinski definition) is 4. The Morgan fingerprint density at radius 1 is 1.00 bits per heavy atom. The third-order valence-corrected chi connectivity index (χ3v) is 4.02. The minimum Gasteiger partial charge on any atom is -0.493 e. The van der Waals surface area contributed by atoms with E-state index < -0.39 is 5.97 Å². The fourth-order valence-electron chi connectivity index (χ4n) is 2.38. The largest absolute Gasteiger partial charge is 0.493 e. The van der Waals surface area contributed by atoms with Gasteiger partial charge >= 0.3 is 5.97 Å². The highest BCUT2D eigenvalue weighted by atomic mass is 16.5. The Hall–Kier alpha value is -2.82. The van der Waals surface area contributed by atoms with E-state index in [2.05, 4.69) is 5.32 Å². The molecule has 1 N–H and O–H groups in total. The number of carbonyl (C=O) groups excluding carboxylic acids is 2. The number of nitrogens with one attached hydrogen (secondary N) is 1. The van der Waals surface area contributed by atoms with E-state index in [9.17, 15) is 9.59 Å². The molecule has 0 atom stereocenters. The van der Waals surface area contributed by atoms with Gasteiger partial charge in [-0.15, -0.1) is 0 Å². The van der Waals surface area contributed by atoms with Gasteiger partial charge in [0.2, 0.25) is 5.91 Å². The van der Waals surface area contributed by atoms with Crippen molar-refractivity contribution < 1.29 is 19.1 Å². The topological polar surface area (TPSA) is 64.6 Å². The van der Waals surface area contributed by atoms with Crippen molar-refractivity contribution in [1.82, 2.24) is 0 Å². The van der Waals surface area contributed by atoms with Crippen LogP contribution in [-0.2, 0) is 9.53 Å². The number of ether oxygens (including phenoxy) is 2. The second-order valence-electron chi connectivity index (χ2n) is 5.88. The summed E-state index contributed by atoms with van der Waals surface area (Å²) in [6.45, 7) is 6.14. The first-order chi connectivity index (χ1) is 11.9. The standard InChI is InChI=1S/C20H23NO4/c1-13-8-9-16(12-15(13)3)25-11-10-18(22)21-19-14(2)6-5-7-17(19)20(23)24-4/h5-9,12H,10-11H2,1-4H3,(H,21,22). The summed E-state index contributed by atoms with van der Waals surface area (Å²) >= 11 is 0. The van der Waals surface area contributed by atoms with Gasteiger partial charge in [-0.1, -0.05) is 18.2 Å². The maximum atomic E-state index is 12.2. The van der Waals surface area contributed by atoms with Crippen LogP contribution in [0.5, 0.6) is 5.75 Å². The van der Waals surface area contributed by atoms with Gasteiger partial charge < -0.3 is 14.8 Å². The molecule has 132 valence electrons. The van der Waals surface area contributed by atoms with Crippen LogP contribution in [0.3, 0.4) is 0 Å². The summed E-state index contributed by atoms with van der Waals surface area (Å²) in [5, 5.41) is 2.78. The van der Waals surface area contributed by atoms with Crippen LogP contribution >= 0.6 is 0 Å². The number of anilines is 1. The highest BCUT2D eigenvalue weighted by Gasteiger charge is 2.15. The molecule has 1 amide bonds. The Morgan fingerprint density at radius 2 is 1.76 bits per heavy atom. The van der Waals surface area contributed by atoms with Crippen molar-refractivity contribution in [3.63, 3.8) is 0 Å². The third-order valence-electron chi connectivity index (χ3n) is 4.02. The lowest BCUT2D eigenvalue weighted by Crippen LogP contribution is -2.18. The zero-order valence-corrected chi connectivity index (χ0v) is 15.0. The van der Waals surface area contributed by atoms with E-state index in [1.54, 1.807) is 12.1 Å². The molecular formula is C20H23NO4. The van der Waals surface area contributed by atoms with Crippen LogP contribution in [0.15, 0.2) is 36.4 Å². The molecule has 0 aromatic heterocycles. The van der Waals surface area contributed by atoms with Crippen LogP contribution in [0, 0.1) is 20.8 Å². The van der Waals surface area contributed by atoms with Gasteiger partial charge in [-0.25, -0.2) is 4.79 Å². The lowest BCUT2D eigenvalue weighted by Gasteiger charge is -2.13. The first kappa shape index (κ1) is 18.5. The van der Waals surface area contributed by atoms with Crippen molar-refractivity contribution in [2.24, 2.45) is 0 Å². The molecule has 0 spiro atoms. The van der Waals surface area contributed by atoms with E-state index in [-0.39, 0.29) is 18.9 Å². The Morgan fingerprint density at radius 3 is 2.44 bits per heavy atom. The molecule has 5 nitrogen and oxygen atoms in total. The van der Waals surface area contributed by atoms with Gasteiger partial charge in [-0.2, -0.15) is 0 Å². The number of aryl methyl sites for hydroxylation is 3. The maximum Gasteiger partial charge on any atom is 0.339 e. The van der Waals surface area contributed by atoms with Gasteiger partial charge in [0.05, 0.1) is 31.4 Å². The predicted octanol–water partition coefficient (Wildman–Crippen LogP) is 3.81. The molecule has 0 fully saturated rings. The van der Waals surface area contributed by atoms with Crippen LogP contribution in [0.1, 0.15) is 33.5 Å². The number of benzene rings is 2. The average Bonchev–Trinajstić information content (AvgIpc) is 2.59. The van der Waals surface area contributed by atoms with Crippen molar-refractivity contribution in [1.29, 1.82) is 0 Å². The molecule has 2 aromatic carbocycles. The Labute approximate surface area is 148 Å². The molecule has 0 bridgehead atoms. The Kier molecular flexibility index (Phi) is 6.17. The summed E-state index contributed by atoms with van der Waals surface area (Å²) in [6, 6.07) is 11.0. The number of amides is 1. The first-order valence-corrected chi connectivity index (χ1v) is 8.10. The predicted molar refractivity (Wildman–Crippen MR) is 97.2 cm³/mol. The molecule has 0 radical (unpaired) electrons. The summed E-state index contributed by atoms with van der Waals surface area (Å²) in [5.74, 6) is 0.0377. The molecule has 5 heteroatoms. The average molecular weight is 341 g/mol. The van der Waals surface area contributed by atoms with Gasteiger partial charge in [0.1, 0.15) is 5.75 Å². The van der Waals surface area contributed by atoms with Crippen LogP contribution in [0.2, 0.25) is 0 Å². The molecule has 0 saturated heterocycles. The van der Waals surface area contributed by atoms with Crippen LogP contribution in [0.25, 0.3) is 0 Å². The van der Waals surface area contributed by atoms with E-state index in [0.29, 0.717) is 11.3 Å². The van der Waals surface area contributed by atoms with Crippen LogP contribution in [0.4, 0.5) is 5.69 Å². The SMILES string of the molecule is COC(=O)c1cccc(C)c1NC(=O)CCOc1ccc(C)c(C)c1. The summed E-state index contributed by atoms with van der Waals surface area (Å²) in [6.07, 6.45) is 0.182. The van der Waals surface area contributed by atoms with Crippen molar-refractivity contribution in [3.05, 3.63) is 58.7 Å². The molecule has 0 aliphatic carbocycles. The second-order valence-corrected chi connectivity index (χ2v) is 5.88. The Balaban J connectivity index is 1.96. The molecule has 0 aliphatic rings. The first-order valence-electron chi connectivity index (χ1n) is 8.10. The normalized spacial score (nSPS) is 10.2. The van der Waals surface area contributed by atoms with Crippen molar-refractivity contribution in [2.75, 3.05) is 19.0 Å². The van der Waals surface area contributed by atoms with Crippen LogP contribution in [-0.4, -0.2) is 25.6 Å². The fraction of sp³-hybridized carbons (Fsp3) is 0.300. The van der Waals surface area contributed by atoms with Crippen molar-refractivity contribution in [3.8, 4) is 5.75 Å². The molecule has 0 heterocycles. The monoisotopic (exact) mass is 341 g/mol. The minimum atomic E-state index is -0.481. The Bertz CT molecular complexity index is 783. The molecular weight excluding hydrogens is 318 g/mol. The summed E-state index contributed by atoms with van der Waals surface area (Å²) < 4.78 is 10.4. The van der Waals surface area contributed by atoms with Crippen LogP contribution < -0.4 is 10.1 Å². The summed E-state index contributed by atoms with van der Waals surface area (Å²) in [4.78, 5) is 24.0. The lowest BCUT2D eigenvalue weighted by atomic mass is 10.1. The van der Waals surface area contributed by atoms with E-state index in [1.807, 2.05) is 45.0 Å². The molecule has 2 rings (SSSR count). The number of carbonyl (C=O) groups is 2. The quantitative estimate of drug-likeness (QED) is 0.812. The van der Waals surface area contributed by atoms with Crippen molar-refractivity contribution in [2.45, 2.75) is 27.2 Å². The fourth-order valence-corrected chi connectivity index (χ4v) is 2.38. The molecule has 25 heavy (non-hydrogen) atoms. The molecule has 2 aromatic rings. The number of rotatable bonds is 6. The van der Waals surface area contributed by atoms with Gasteiger partial charge in [0, 0.05) is 0 Å². The number of hydrogen-bond donors (Lipinski definition) is 1. The third kappa shape index (κ3) is 4.83. The molecule has 0 saturated carbocycles. The van der Waals surface area contributed by atoms with Crippen molar-refractivity contribution >= 4 is 17.6 Å². The lowest BCUT2D eigenvalue weighted by molar-refractivity contribution is -0.116. The number of esters is 1. The number of para-hydroxylation sites is 1. The minimum absolute atomic E-state index is 0.182. The van der Waals surface area contributed by atoms with Gasteiger partial charge in [-0.05, 0) is 55.7 Å². The van der Waals surface area contributed by atoms with Gasteiger partial charge in [-0.3, -0.25) is 4.79 Å². The zero-order chi connectivity index (χ0) is 18.4. The maximum absolute atomic E-state index is 12.2. The van der Waals surface area contributed by atoms with E-state index in [4.69, 9.17) is 9.47 Å². The number of methoxy groups -OCH3 is 1. The highest BCUT2D eigenvalue weighted by Crippen LogP contribution is 2.22. The van der Waals surface area contributed by atoms with E-state index >= 15 is 0 Å². The zero-order valence-electron chi connectivity index (χ0n) is 15.0. The van der Waals surface area contributed by atoms with Gasteiger partial charge in [0.15, 0.2) is 0 Å². The smallest absolute Gasteiger partial charge is 0.339 e. The van der Waals surface area contributed by atoms with E-state index in [1.165, 1.54) is 12.7 Å². The van der Waals surface area contributed by atoms with E-state index in [0.717, 1.165) is 16.9 Å². The summed E-state index contributed by atoms with van der Waals surface area (Å²) in [7, 11) is 1.31. The molecule has 0 aliphatic heterocycles. The molecule has 0 unspecified atom stereocenters. The van der Waals surface area contributed by atoms with Gasteiger partial charge in [0.25, 0.3) is 0 Å². The summed E-state index contributed by atoms with van der Waals surface area (Å²) in [5.41, 5.74) is 3.95. The second kappa shape index (κ2) is 8.33.